The number of ether oxygens (including phenoxy) is 2. The molecule has 0 aromatic heterocycles. The Kier molecular flexibility index (Phi) is 10.7. The van der Waals surface area contributed by atoms with Gasteiger partial charge in [-0.05, 0) is 12.8 Å². The predicted octanol–water partition coefficient (Wildman–Crippen LogP) is 3.20. The van der Waals surface area contributed by atoms with Gasteiger partial charge in [-0.25, -0.2) is 0 Å². The molecule has 0 aromatic rings. The summed E-state index contributed by atoms with van der Waals surface area (Å²) in [7, 11) is 0. The van der Waals surface area contributed by atoms with Gasteiger partial charge in [0.15, 0.2) is 0 Å². The van der Waals surface area contributed by atoms with Gasteiger partial charge >= 0.3 is 11.9 Å². The molecule has 0 aliphatic rings. The largest absolute Gasteiger partial charge is 0.465 e. The molecule has 0 saturated heterocycles. The van der Waals surface area contributed by atoms with E-state index in [2.05, 4.69) is 31.9 Å². The van der Waals surface area contributed by atoms with Crippen LogP contribution in [-0.4, -0.2) is 34.8 Å². The second kappa shape index (κ2) is 10.8. The van der Waals surface area contributed by atoms with Gasteiger partial charge in [0.25, 0.3) is 0 Å². The minimum atomic E-state index is -0.719. The monoisotopic (exact) mass is 386 g/mol. The zero-order valence-corrected chi connectivity index (χ0v) is 14.0. The van der Waals surface area contributed by atoms with Crippen molar-refractivity contribution >= 4 is 43.8 Å². The van der Waals surface area contributed by atoms with Crippen molar-refractivity contribution in [1.29, 1.82) is 0 Å². The number of hydrogen-bond donors (Lipinski definition) is 0. The van der Waals surface area contributed by atoms with Crippen molar-refractivity contribution in [3.63, 3.8) is 0 Å². The third-order valence-corrected chi connectivity index (χ3v) is 4.71. The molecule has 0 heterocycles. The lowest BCUT2D eigenvalue weighted by Crippen LogP contribution is -2.33. The van der Waals surface area contributed by atoms with Gasteiger partial charge in [0.1, 0.15) is 9.65 Å². The van der Waals surface area contributed by atoms with Crippen molar-refractivity contribution < 1.29 is 19.1 Å². The Morgan fingerprint density at radius 3 is 1.50 bits per heavy atom. The third kappa shape index (κ3) is 7.36. The molecule has 0 spiro atoms. The maximum atomic E-state index is 11.6. The lowest BCUT2D eigenvalue weighted by molar-refractivity contribution is -0.148. The third-order valence-electron chi connectivity index (χ3n) is 2.19. The highest BCUT2D eigenvalue weighted by atomic mass is 79.9. The quantitative estimate of drug-likeness (QED) is 0.346. The number of esters is 2. The van der Waals surface area contributed by atoms with Crippen molar-refractivity contribution in [2.24, 2.45) is 0 Å². The van der Waals surface area contributed by atoms with Gasteiger partial charge in [-0.2, -0.15) is 0 Å². The van der Waals surface area contributed by atoms with Gasteiger partial charge in [0.05, 0.1) is 13.2 Å². The topological polar surface area (TPSA) is 52.6 Å². The van der Waals surface area contributed by atoms with E-state index in [1.807, 2.05) is 13.8 Å². The molecule has 0 amide bonds. The van der Waals surface area contributed by atoms with Crippen molar-refractivity contribution in [2.45, 2.75) is 49.2 Å². The van der Waals surface area contributed by atoms with Gasteiger partial charge < -0.3 is 9.47 Å². The molecule has 0 aliphatic carbocycles. The number of rotatable bonds is 9. The molecule has 0 N–H and O–H groups in total. The first kappa shape index (κ1) is 17.9. The van der Waals surface area contributed by atoms with Gasteiger partial charge in [-0.1, -0.05) is 58.5 Å². The van der Waals surface area contributed by atoms with Crippen LogP contribution < -0.4 is 0 Å². The summed E-state index contributed by atoms with van der Waals surface area (Å²) in [6, 6.07) is 0. The summed E-state index contributed by atoms with van der Waals surface area (Å²) in [6.45, 7) is 4.78. The smallest absolute Gasteiger partial charge is 0.321 e. The molecule has 0 fully saturated rings. The fourth-order valence-electron chi connectivity index (χ4n) is 1.03. The average molecular weight is 388 g/mol. The lowest BCUT2D eigenvalue weighted by atomic mass is 10.3. The van der Waals surface area contributed by atoms with Gasteiger partial charge in [-0.3, -0.25) is 9.59 Å². The highest BCUT2D eigenvalue weighted by Crippen LogP contribution is 2.18. The van der Waals surface area contributed by atoms with Gasteiger partial charge in [0, 0.05) is 0 Å². The number of carbonyl (C=O) groups excluding carboxylic acids is 2. The fraction of sp³-hybridized carbons (Fsp3) is 0.833. The summed E-state index contributed by atoms with van der Waals surface area (Å²) in [5, 5.41) is 0. The Morgan fingerprint density at radius 1 is 0.889 bits per heavy atom. The van der Waals surface area contributed by atoms with E-state index in [1.54, 1.807) is 0 Å². The zero-order valence-electron chi connectivity index (χ0n) is 10.8. The van der Waals surface area contributed by atoms with E-state index in [0.717, 1.165) is 25.7 Å². The fourth-order valence-corrected chi connectivity index (χ4v) is 1.73. The van der Waals surface area contributed by atoms with E-state index in [-0.39, 0.29) is 0 Å². The minimum absolute atomic E-state index is 0.377. The highest BCUT2D eigenvalue weighted by Gasteiger charge is 2.31. The second-order valence-electron chi connectivity index (χ2n) is 3.85. The molecule has 0 rings (SSSR count). The molecule has 0 bridgehead atoms. The van der Waals surface area contributed by atoms with Crippen LogP contribution in [0.25, 0.3) is 0 Å². The van der Waals surface area contributed by atoms with E-state index in [1.165, 1.54) is 0 Å². The molecule has 4 nitrogen and oxygen atoms in total. The molecule has 18 heavy (non-hydrogen) atoms. The first-order valence-corrected chi connectivity index (χ1v) is 7.99. The Balaban J connectivity index is 4.02. The highest BCUT2D eigenvalue weighted by molar-refractivity contribution is 9.12. The maximum absolute atomic E-state index is 11.6. The maximum Gasteiger partial charge on any atom is 0.321 e. The Hall–Kier alpha value is -0.100. The van der Waals surface area contributed by atoms with Gasteiger partial charge in [-0.15, -0.1) is 0 Å². The summed E-state index contributed by atoms with van der Waals surface area (Å²) in [4.78, 5) is 21.7. The predicted molar refractivity (Wildman–Crippen MR) is 77.2 cm³/mol. The van der Waals surface area contributed by atoms with E-state index in [0.29, 0.717) is 13.2 Å². The molecule has 2 atom stereocenters. The van der Waals surface area contributed by atoms with Crippen LogP contribution in [0.1, 0.15) is 39.5 Å². The molecular formula is C12H20Br2O4. The minimum Gasteiger partial charge on any atom is -0.465 e. The molecule has 0 aromatic carbocycles. The Bertz CT molecular complexity index is 232. The van der Waals surface area contributed by atoms with E-state index in [9.17, 15) is 9.59 Å². The first-order chi connectivity index (χ1) is 8.54. The molecule has 0 saturated carbocycles. The summed E-state index contributed by atoms with van der Waals surface area (Å²) in [5.74, 6) is -0.893. The van der Waals surface area contributed by atoms with Crippen molar-refractivity contribution in [3.8, 4) is 0 Å². The van der Waals surface area contributed by atoms with Crippen LogP contribution in [0.15, 0.2) is 0 Å². The SMILES string of the molecule is CCCCOC(=O)[C@H](Br)[C@@H](Br)C(=O)OCCCC. The molecular weight excluding hydrogens is 368 g/mol. The van der Waals surface area contributed by atoms with Crippen LogP contribution in [0, 0.1) is 0 Å². The summed E-state index contributed by atoms with van der Waals surface area (Å²) < 4.78 is 10.0. The van der Waals surface area contributed by atoms with E-state index >= 15 is 0 Å². The molecule has 0 unspecified atom stereocenters. The van der Waals surface area contributed by atoms with Gasteiger partial charge in [0.2, 0.25) is 0 Å². The second-order valence-corrected chi connectivity index (χ2v) is 5.82. The Morgan fingerprint density at radius 2 is 1.22 bits per heavy atom. The lowest BCUT2D eigenvalue weighted by Gasteiger charge is -2.15. The number of halogens is 2. The number of alkyl halides is 2. The Labute approximate surface area is 125 Å². The van der Waals surface area contributed by atoms with Crippen LogP contribution in [0.2, 0.25) is 0 Å². The van der Waals surface area contributed by atoms with Crippen molar-refractivity contribution in [1.82, 2.24) is 0 Å². The molecule has 6 heteroatoms. The molecule has 0 aliphatic heterocycles. The summed E-state index contributed by atoms with van der Waals surface area (Å²) in [6.07, 6.45) is 3.55. The standard InChI is InChI=1S/C12H20Br2O4/c1-3-5-7-17-11(15)9(13)10(14)12(16)18-8-6-4-2/h9-10H,3-8H2,1-2H3/t9-,10-/m1/s1. The van der Waals surface area contributed by atoms with Crippen LogP contribution >= 0.6 is 31.9 Å². The van der Waals surface area contributed by atoms with Crippen molar-refractivity contribution in [3.05, 3.63) is 0 Å². The zero-order chi connectivity index (χ0) is 14.0. The van der Waals surface area contributed by atoms with Crippen LogP contribution in [0.5, 0.6) is 0 Å². The van der Waals surface area contributed by atoms with Crippen LogP contribution in [0.3, 0.4) is 0 Å². The molecule has 106 valence electrons. The normalized spacial score (nSPS) is 13.8. The van der Waals surface area contributed by atoms with E-state index < -0.39 is 21.6 Å². The van der Waals surface area contributed by atoms with Crippen LogP contribution in [0.4, 0.5) is 0 Å². The summed E-state index contributed by atoms with van der Waals surface area (Å²) >= 11 is 6.30. The van der Waals surface area contributed by atoms with Crippen LogP contribution in [-0.2, 0) is 19.1 Å². The average Bonchev–Trinajstić information content (AvgIpc) is 2.37. The first-order valence-electron chi connectivity index (χ1n) is 6.16. The number of carbonyl (C=O) groups is 2. The van der Waals surface area contributed by atoms with Crippen molar-refractivity contribution in [2.75, 3.05) is 13.2 Å². The number of unbranched alkanes of at least 4 members (excludes halogenated alkanes) is 2. The summed E-state index contributed by atoms with van der Waals surface area (Å²) in [5.41, 5.74) is 0. The molecule has 0 radical (unpaired) electrons. The van der Waals surface area contributed by atoms with E-state index in [4.69, 9.17) is 9.47 Å². The number of hydrogen-bond acceptors (Lipinski definition) is 4.